The van der Waals surface area contributed by atoms with Gasteiger partial charge in [0.2, 0.25) is 5.91 Å². The maximum Gasteiger partial charge on any atom is 0.573 e. The first kappa shape index (κ1) is 19.8. The van der Waals surface area contributed by atoms with E-state index in [1.54, 1.807) is 13.0 Å². The minimum Gasteiger partial charge on any atom is -0.406 e. The zero-order valence-corrected chi connectivity index (χ0v) is 14.3. The Balaban J connectivity index is 1.90. The van der Waals surface area contributed by atoms with E-state index in [4.69, 9.17) is 5.73 Å². The van der Waals surface area contributed by atoms with Gasteiger partial charge in [-0.25, -0.2) is 0 Å². The van der Waals surface area contributed by atoms with E-state index in [1.807, 2.05) is 30.3 Å². The second-order valence-corrected chi connectivity index (χ2v) is 5.92. The molecule has 0 aliphatic rings. The summed E-state index contributed by atoms with van der Waals surface area (Å²) in [4.78, 5) is 12.3. The Bertz CT molecular complexity index is 720. The van der Waals surface area contributed by atoms with Gasteiger partial charge in [0.25, 0.3) is 0 Å². The van der Waals surface area contributed by atoms with Crippen LogP contribution in [0.3, 0.4) is 0 Å². The van der Waals surface area contributed by atoms with Gasteiger partial charge in [-0.15, -0.1) is 13.2 Å². The molecular weight excluding hydrogens is 345 g/mol. The summed E-state index contributed by atoms with van der Waals surface area (Å²) < 4.78 is 41.3. The number of rotatable bonds is 7. The van der Waals surface area contributed by atoms with Crippen molar-refractivity contribution in [2.24, 2.45) is 11.7 Å². The van der Waals surface area contributed by atoms with Crippen LogP contribution in [0, 0.1) is 5.92 Å². The molecule has 0 spiro atoms. The Labute approximate surface area is 150 Å². The van der Waals surface area contributed by atoms with Crippen LogP contribution < -0.4 is 15.8 Å². The topological polar surface area (TPSA) is 64.3 Å². The van der Waals surface area contributed by atoms with Gasteiger partial charge >= 0.3 is 6.36 Å². The van der Waals surface area contributed by atoms with Crippen molar-refractivity contribution < 1.29 is 22.7 Å². The molecule has 2 aromatic carbocycles. The summed E-state index contributed by atoms with van der Waals surface area (Å²) in [5, 5.41) is 2.72. The molecule has 0 heterocycles. The van der Waals surface area contributed by atoms with Crippen LogP contribution in [0.1, 0.15) is 24.1 Å². The predicted octanol–water partition coefficient (Wildman–Crippen LogP) is 3.58. The predicted molar refractivity (Wildman–Crippen MR) is 92.4 cm³/mol. The van der Waals surface area contributed by atoms with Gasteiger partial charge in [-0.05, 0) is 23.6 Å². The minimum atomic E-state index is -4.75. The fourth-order valence-electron chi connectivity index (χ4n) is 2.54. The first-order valence-corrected chi connectivity index (χ1v) is 8.20. The number of nitrogens with one attached hydrogen (secondary N) is 1. The van der Waals surface area contributed by atoms with Crippen molar-refractivity contribution in [1.29, 1.82) is 0 Å². The van der Waals surface area contributed by atoms with Crippen molar-refractivity contribution in [1.82, 2.24) is 5.32 Å². The number of halogens is 3. The summed E-state index contributed by atoms with van der Waals surface area (Å²) in [7, 11) is 0. The highest BCUT2D eigenvalue weighted by atomic mass is 19.4. The fraction of sp³-hybridized carbons (Fsp3) is 0.316. The van der Waals surface area contributed by atoms with Crippen LogP contribution in [0.2, 0.25) is 0 Å². The van der Waals surface area contributed by atoms with E-state index < -0.39 is 18.3 Å². The molecule has 140 valence electrons. The van der Waals surface area contributed by atoms with Crippen LogP contribution >= 0.6 is 0 Å². The number of benzene rings is 2. The number of hydrogen-bond acceptors (Lipinski definition) is 3. The van der Waals surface area contributed by atoms with Gasteiger partial charge in [0, 0.05) is 12.6 Å². The van der Waals surface area contributed by atoms with Gasteiger partial charge in [-0.2, -0.15) is 0 Å². The quantitative estimate of drug-likeness (QED) is 0.787. The first-order chi connectivity index (χ1) is 12.3. The lowest BCUT2D eigenvalue weighted by Crippen LogP contribution is -2.36. The molecule has 0 aromatic heterocycles. The largest absolute Gasteiger partial charge is 0.573 e. The van der Waals surface area contributed by atoms with E-state index >= 15 is 0 Å². The third kappa shape index (κ3) is 5.77. The number of carbonyl (C=O) groups is 1. The molecule has 4 nitrogen and oxygen atoms in total. The summed E-state index contributed by atoms with van der Waals surface area (Å²) >= 11 is 0. The normalized spacial score (nSPS) is 13.7. The van der Waals surface area contributed by atoms with Gasteiger partial charge < -0.3 is 15.8 Å². The van der Waals surface area contributed by atoms with Crippen LogP contribution in [0.15, 0.2) is 54.6 Å². The van der Waals surface area contributed by atoms with Crippen molar-refractivity contribution in [3.8, 4) is 5.75 Å². The average Bonchev–Trinajstić information content (AvgIpc) is 2.61. The van der Waals surface area contributed by atoms with E-state index in [-0.39, 0.29) is 24.6 Å². The monoisotopic (exact) mass is 366 g/mol. The Kier molecular flexibility index (Phi) is 6.63. The van der Waals surface area contributed by atoms with Gasteiger partial charge in [-0.3, -0.25) is 4.79 Å². The molecule has 7 heteroatoms. The number of ether oxygens (including phenoxy) is 1. The molecular formula is C19H21F3N2O2. The van der Waals surface area contributed by atoms with Crippen molar-refractivity contribution in [3.63, 3.8) is 0 Å². The molecule has 0 saturated carbocycles. The SMILES string of the molecule is CC(C(=O)NCCc1ccccc1OC(F)(F)F)C(N)c1ccccc1. The number of amides is 1. The molecule has 2 aromatic rings. The van der Waals surface area contributed by atoms with Crippen LogP contribution in [0.4, 0.5) is 13.2 Å². The summed E-state index contributed by atoms with van der Waals surface area (Å²) in [5.41, 5.74) is 7.32. The third-order valence-corrected chi connectivity index (χ3v) is 4.03. The van der Waals surface area contributed by atoms with Gasteiger partial charge in [0.15, 0.2) is 0 Å². The lowest BCUT2D eigenvalue weighted by molar-refractivity contribution is -0.274. The molecule has 3 N–H and O–H groups in total. The van der Waals surface area contributed by atoms with Crippen LogP contribution in [-0.2, 0) is 11.2 Å². The van der Waals surface area contributed by atoms with Gasteiger partial charge in [0.1, 0.15) is 5.75 Å². The smallest absolute Gasteiger partial charge is 0.406 e. The van der Waals surface area contributed by atoms with E-state index in [0.29, 0.717) is 5.56 Å². The zero-order valence-electron chi connectivity index (χ0n) is 14.3. The molecule has 1 amide bonds. The standard InChI is InChI=1S/C19H21F3N2O2/c1-13(17(23)15-8-3-2-4-9-15)18(25)24-12-11-14-7-5-6-10-16(14)26-19(20,21)22/h2-10,13,17H,11-12,23H2,1H3,(H,24,25). The van der Waals surface area contributed by atoms with Crippen LogP contribution in [0.5, 0.6) is 5.75 Å². The number of carbonyl (C=O) groups excluding carboxylic acids is 1. The molecule has 0 radical (unpaired) electrons. The maximum atomic E-state index is 12.4. The molecule has 0 aliphatic carbocycles. The maximum absolute atomic E-state index is 12.4. The Morgan fingerprint density at radius 1 is 1.12 bits per heavy atom. The number of para-hydroxylation sites is 1. The highest BCUT2D eigenvalue weighted by Gasteiger charge is 2.32. The van der Waals surface area contributed by atoms with E-state index in [0.717, 1.165) is 5.56 Å². The third-order valence-electron chi connectivity index (χ3n) is 4.03. The first-order valence-electron chi connectivity index (χ1n) is 8.20. The average molecular weight is 366 g/mol. The molecule has 0 saturated heterocycles. The highest BCUT2D eigenvalue weighted by Crippen LogP contribution is 2.26. The summed E-state index contributed by atoms with van der Waals surface area (Å²) in [6.07, 6.45) is -4.54. The van der Waals surface area contributed by atoms with E-state index in [1.165, 1.54) is 18.2 Å². The lowest BCUT2D eigenvalue weighted by atomic mass is 9.94. The van der Waals surface area contributed by atoms with E-state index in [2.05, 4.69) is 10.1 Å². The Morgan fingerprint density at radius 2 is 1.73 bits per heavy atom. The van der Waals surface area contributed by atoms with Gasteiger partial charge in [0.05, 0.1) is 5.92 Å². The van der Waals surface area contributed by atoms with Crippen molar-refractivity contribution in [2.45, 2.75) is 25.7 Å². The molecule has 2 rings (SSSR count). The molecule has 2 atom stereocenters. The van der Waals surface area contributed by atoms with Crippen molar-refractivity contribution >= 4 is 5.91 Å². The zero-order chi connectivity index (χ0) is 19.2. The van der Waals surface area contributed by atoms with Crippen LogP contribution in [-0.4, -0.2) is 18.8 Å². The van der Waals surface area contributed by atoms with Gasteiger partial charge in [-0.1, -0.05) is 55.5 Å². The number of nitrogens with two attached hydrogens (primary N) is 1. The molecule has 0 fully saturated rings. The van der Waals surface area contributed by atoms with Crippen molar-refractivity contribution in [2.75, 3.05) is 6.54 Å². The second-order valence-electron chi connectivity index (χ2n) is 5.92. The number of alkyl halides is 3. The Morgan fingerprint density at radius 3 is 2.38 bits per heavy atom. The van der Waals surface area contributed by atoms with Crippen molar-refractivity contribution in [3.05, 3.63) is 65.7 Å². The molecule has 2 unspecified atom stereocenters. The van der Waals surface area contributed by atoms with E-state index in [9.17, 15) is 18.0 Å². The number of hydrogen-bond donors (Lipinski definition) is 2. The molecule has 0 bridgehead atoms. The molecule has 26 heavy (non-hydrogen) atoms. The Hall–Kier alpha value is -2.54. The summed E-state index contributed by atoms with van der Waals surface area (Å²) in [5.74, 6) is -0.988. The lowest BCUT2D eigenvalue weighted by Gasteiger charge is -2.20. The summed E-state index contributed by atoms with van der Waals surface area (Å²) in [6.45, 7) is 1.90. The molecule has 0 aliphatic heterocycles. The highest BCUT2D eigenvalue weighted by molar-refractivity contribution is 5.79. The minimum absolute atomic E-state index is 0.183. The summed E-state index contributed by atoms with van der Waals surface area (Å²) in [6, 6.07) is 14.6. The second kappa shape index (κ2) is 8.71. The fourth-order valence-corrected chi connectivity index (χ4v) is 2.54. The van der Waals surface area contributed by atoms with Crippen LogP contribution in [0.25, 0.3) is 0 Å².